The van der Waals surface area contributed by atoms with Gasteiger partial charge in [-0.2, -0.15) is 0 Å². The maximum atomic E-state index is 9.41. The quantitative estimate of drug-likeness (QED) is 0.322. The Hall–Kier alpha value is -1.50. The molecule has 0 radical (unpaired) electrons. The molecule has 0 saturated heterocycles. The molecule has 0 aliphatic carbocycles. The highest BCUT2D eigenvalue weighted by molar-refractivity contribution is 5.27. The molecule has 0 aliphatic heterocycles. The molecule has 0 aliphatic rings. The number of hydrogen-bond donors (Lipinski definition) is 1. The van der Waals surface area contributed by atoms with E-state index in [-0.39, 0.29) is 0 Å². The first-order valence-corrected chi connectivity index (χ1v) is 8.86. The minimum Gasteiger partial charge on any atom is -0.508 e. The minimum atomic E-state index is 0.385. The maximum absolute atomic E-state index is 9.41. The van der Waals surface area contributed by atoms with E-state index in [1.165, 1.54) is 56.9 Å². The predicted molar refractivity (Wildman–Crippen MR) is 97.3 cm³/mol. The monoisotopic (exact) mass is 300 g/mol. The molecule has 1 nitrogen and oxygen atoms in total. The number of rotatable bonds is 13. The van der Waals surface area contributed by atoms with Crippen molar-refractivity contribution in [2.75, 3.05) is 0 Å². The van der Waals surface area contributed by atoms with Gasteiger partial charge in [0.15, 0.2) is 0 Å². The van der Waals surface area contributed by atoms with Crippen molar-refractivity contribution in [2.45, 2.75) is 70.6 Å². The van der Waals surface area contributed by atoms with Crippen molar-refractivity contribution < 1.29 is 5.11 Å². The van der Waals surface area contributed by atoms with Crippen molar-refractivity contribution in [1.29, 1.82) is 0 Å². The first kappa shape index (κ1) is 18.5. The van der Waals surface area contributed by atoms with Crippen molar-refractivity contribution >= 4 is 0 Å². The highest BCUT2D eigenvalue weighted by Gasteiger charge is 1.96. The second-order valence-electron chi connectivity index (χ2n) is 6.02. The molecule has 0 unspecified atom stereocenters. The molecule has 1 aromatic carbocycles. The third kappa shape index (κ3) is 10.3. The van der Waals surface area contributed by atoms with E-state index in [0.29, 0.717) is 5.75 Å². The van der Waals surface area contributed by atoms with E-state index in [0.717, 1.165) is 19.3 Å². The summed E-state index contributed by atoms with van der Waals surface area (Å²) in [4.78, 5) is 0. The van der Waals surface area contributed by atoms with Gasteiger partial charge in [0, 0.05) is 0 Å². The number of phenolic OH excluding ortho intramolecular Hbond substituents is 1. The number of hydrogen-bond acceptors (Lipinski definition) is 1. The second kappa shape index (κ2) is 13.2. The van der Waals surface area contributed by atoms with E-state index >= 15 is 0 Å². The average Bonchev–Trinajstić information content (AvgIpc) is 2.52. The van der Waals surface area contributed by atoms with Gasteiger partial charge in [0.25, 0.3) is 0 Å². The summed E-state index contributed by atoms with van der Waals surface area (Å²) in [5, 5.41) is 9.41. The molecule has 22 heavy (non-hydrogen) atoms. The lowest BCUT2D eigenvalue weighted by Crippen LogP contribution is -1.86. The molecule has 1 rings (SSSR count). The molecule has 1 aromatic rings. The minimum absolute atomic E-state index is 0.385. The summed E-state index contributed by atoms with van der Waals surface area (Å²) in [5.41, 5.74) is 1.25. The first-order chi connectivity index (χ1) is 10.8. The Morgan fingerprint density at radius 3 is 2.23 bits per heavy atom. The first-order valence-electron chi connectivity index (χ1n) is 8.86. The van der Waals surface area contributed by atoms with Crippen LogP contribution in [-0.4, -0.2) is 5.11 Å². The molecule has 1 heteroatoms. The Morgan fingerprint density at radius 1 is 0.818 bits per heavy atom. The number of phenols is 1. The van der Waals surface area contributed by atoms with Gasteiger partial charge in [-0.1, -0.05) is 62.5 Å². The van der Waals surface area contributed by atoms with Crippen molar-refractivity contribution in [2.24, 2.45) is 0 Å². The van der Waals surface area contributed by atoms with Crippen molar-refractivity contribution in [1.82, 2.24) is 0 Å². The zero-order chi connectivity index (χ0) is 15.9. The van der Waals surface area contributed by atoms with E-state index in [2.05, 4.69) is 24.8 Å². The molecule has 0 atom stereocenters. The van der Waals surface area contributed by atoms with E-state index in [4.69, 9.17) is 0 Å². The topological polar surface area (TPSA) is 20.2 Å². The van der Waals surface area contributed by atoms with Crippen LogP contribution in [0.5, 0.6) is 5.75 Å². The van der Waals surface area contributed by atoms with Crippen LogP contribution in [-0.2, 0) is 6.42 Å². The fourth-order valence-electron chi connectivity index (χ4n) is 2.64. The fourth-order valence-corrected chi connectivity index (χ4v) is 2.64. The van der Waals surface area contributed by atoms with Crippen LogP contribution in [0.15, 0.2) is 49.1 Å². The Bertz CT molecular complexity index is 420. The molecule has 0 amide bonds. The van der Waals surface area contributed by atoms with Gasteiger partial charge in [-0.25, -0.2) is 0 Å². The van der Waals surface area contributed by atoms with Crippen molar-refractivity contribution in [3.63, 3.8) is 0 Å². The molecular formula is C21H32O. The summed E-state index contributed by atoms with van der Waals surface area (Å²) >= 11 is 0. The SMILES string of the molecule is C=CCC/C=C/CCCCCCCCCc1cccc(O)c1. The van der Waals surface area contributed by atoms with Crippen LogP contribution >= 0.6 is 0 Å². The number of aryl methyl sites for hydroxylation is 1. The molecule has 0 saturated carbocycles. The third-order valence-corrected chi connectivity index (χ3v) is 3.95. The third-order valence-electron chi connectivity index (χ3n) is 3.95. The highest BCUT2D eigenvalue weighted by atomic mass is 16.3. The molecule has 0 aromatic heterocycles. The number of aromatic hydroxyl groups is 1. The lowest BCUT2D eigenvalue weighted by molar-refractivity contribution is 0.474. The van der Waals surface area contributed by atoms with E-state index in [1.54, 1.807) is 6.07 Å². The van der Waals surface area contributed by atoms with Crippen LogP contribution in [0, 0.1) is 0 Å². The molecule has 0 fully saturated rings. The van der Waals surface area contributed by atoms with Crippen LogP contribution in [0.1, 0.15) is 69.8 Å². The van der Waals surface area contributed by atoms with Gasteiger partial charge < -0.3 is 5.11 Å². The summed E-state index contributed by atoms with van der Waals surface area (Å²) in [7, 11) is 0. The van der Waals surface area contributed by atoms with Gasteiger partial charge in [0.2, 0.25) is 0 Å². The molecular weight excluding hydrogens is 268 g/mol. The molecule has 0 spiro atoms. The van der Waals surface area contributed by atoms with Crippen LogP contribution in [0.25, 0.3) is 0 Å². The van der Waals surface area contributed by atoms with Gasteiger partial charge in [0.05, 0.1) is 0 Å². The fraction of sp³-hybridized carbons (Fsp3) is 0.524. The Balaban J connectivity index is 1.85. The normalized spacial score (nSPS) is 11.1. The van der Waals surface area contributed by atoms with Crippen molar-refractivity contribution in [3.8, 4) is 5.75 Å². The molecule has 0 bridgehead atoms. The van der Waals surface area contributed by atoms with Gasteiger partial charge in [-0.15, -0.1) is 6.58 Å². The van der Waals surface area contributed by atoms with E-state index < -0.39 is 0 Å². The van der Waals surface area contributed by atoms with Crippen LogP contribution in [0.2, 0.25) is 0 Å². The van der Waals surface area contributed by atoms with E-state index in [9.17, 15) is 5.11 Å². The van der Waals surface area contributed by atoms with Gasteiger partial charge in [-0.3, -0.25) is 0 Å². The van der Waals surface area contributed by atoms with Gasteiger partial charge in [0.1, 0.15) is 5.75 Å². The second-order valence-corrected chi connectivity index (χ2v) is 6.02. The van der Waals surface area contributed by atoms with Crippen LogP contribution in [0.3, 0.4) is 0 Å². The zero-order valence-corrected chi connectivity index (χ0v) is 14.0. The number of unbranched alkanes of at least 4 members (excludes halogenated alkanes) is 8. The standard InChI is InChI=1S/C21H32O/c1-2-3-4-5-6-7-8-9-10-11-12-13-14-16-20-17-15-18-21(22)19-20/h2,5-6,15,17-19,22H,1,3-4,7-14,16H2/b6-5+. The van der Waals surface area contributed by atoms with Crippen molar-refractivity contribution in [3.05, 3.63) is 54.6 Å². The largest absolute Gasteiger partial charge is 0.508 e. The Kier molecular flexibility index (Phi) is 11.1. The summed E-state index contributed by atoms with van der Waals surface area (Å²) in [5.74, 6) is 0.385. The zero-order valence-electron chi connectivity index (χ0n) is 14.0. The summed E-state index contributed by atoms with van der Waals surface area (Å²) in [6.45, 7) is 3.73. The maximum Gasteiger partial charge on any atom is 0.115 e. The Labute approximate surface area is 136 Å². The summed E-state index contributed by atoms with van der Waals surface area (Å²) in [6.07, 6.45) is 20.4. The lowest BCUT2D eigenvalue weighted by atomic mass is 10.0. The van der Waals surface area contributed by atoms with Gasteiger partial charge >= 0.3 is 0 Å². The summed E-state index contributed by atoms with van der Waals surface area (Å²) in [6, 6.07) is 7.64. The number of allylic oxidation sites excluding steroid dienone is 3. The van der Waals surface area contributed by atoms with Crippen LogP contribution in [0.4, 0.5) is 0 Å². The smallest absolute Gasteiger partial charge is 0.115 e. The molecule has 1 N–H and O–H groups in total. The highest BCUT2D eigenvalue weighted by Crippen LogP contribution is 2.15. The Morgan fingerprint density at radius 2 is 1.50 bits per heavy atom. The average molecular weight is 300 g/mol. The van der Waals surface area contributed by atoms with E-state index in [1.807, 2.05) is 18.2 Å². The molecule has 0 heterocycles. The van der Waals surface area contributed by atoms with Gasteiger partial charge in [-0.05, 0) is 56.2 Å². The lowest BCUT2D eigenvalue weighted by Gasteiger charge is -2.03. The summed E-state index contributed by atoms with van der Waals surface area (Å²) < 4.78 is 0. The van der Waals surface area contributed by atoms with Crippen LogP contribution < -0.4 is 0 Å². The number of benzene rings is 1. The molecule has 122 valence electrons. The predicted octanol–water partition coefficient (Wildman–Crippen LogP) is 6.58.